The number of hydrogen-bond donors (Lipinski definition) is 0. The van der Waals surface area contributed by atoms with Crippen LogP contribution in [0.1, 0.15) is 20.3 Å². The predicted octanol–water partition coefficient (Wildman–Crippen LogP) is 3.42. The van der Waals surface area contributed by atoms with E-state index in [1.54, 1.807) is 0 Å². The Morgan fingerprint density at radius 3 is 2.38 bits per heavy atom. The fraction of sp³-hybridized carbons (Fsp3) is 0.500. The van der Waals surface area contributed by atoms with Crippen LogP contribution in [0.4, 0.5) is 0 Å². The van der Waals surface area contributed by atoms with E-state index in [0.717, 1.165) is 12.0 Å². The molecular formula is C6H8BrCl. The monoisotopic (exact) mass is 194 g/mol. The largest absolute Gasteiger partial charge is 0.125 e. The summed E-state index contributed by atoms with van der Waals surface area (Å²) in [5.41, 5.74) is 4.07. The summed E-state index contributed by atoms with van der Waals surface area (Å²) < 4.78 is 0.553. The van der Waals surface area contributed by atoms with Gasteiger partial charge in [0.2, 0.25) is 0 Å². The van der Waals surface area contributed by atoms with E-state index in [-0.39, 0.29) is 0 Å². The Morgan fingerprint density at radius 2 is 2.25 bits per heavy atom. The quantitative estimate of drug-likeness (QED) is 0.563. The number of hydrogen-bond acceptors (Lipinski definition) is 0. The second-order valence-corrected chi connectivity index (χ2v) is 3.15. The Morgan fingerprint density at radius 1 is 1.75 bits per heavy atom. The smallest absolute Gasteiger partial charge is 0.0943 e. The van der Waals surface area contributed by atoms with Crippen LogP contribution in [0.3, 0.4) is 0 Å². The second-order valence-electron chi connectivity index (χ2n) is 1.52. The molecule has 0 spiro atoms. The molecule has 0 nitrogen and oxygen atoms in total. The lowest BCUT2D eigenvalue weighted by Gasteiger charge is -1.83. The van der Waals surface area contributed by atoms with Gasteiger partial charge in [-0.1, -0.05) is 24.3 Å². The van der Waals surface area contributed by atoms with Gasteiger partial charge in [0.25, 0.3) is 0 Å². The van der Waals surface area contributed by atoms with Crippen molar-refractivity contribution < 1.29 is 0 Å². The Kier molecular flexibility index (Phi) is 4.35. The van der Waals surface area contributed by atoms with E-state index in [2.05, 4.69) is 28.6 Å². The van der Waals surface area contributed by atoms with E-state index in [1.807, 2.05) is 6.92 Å². The second kappa shape index (κ2) is 4.20. The fourth-order valence-corrected chi connectivity index (χ4v) is 0.749. The van der Waals surface area contributed by atoms with Crippen molar-refractivity contribution in [3.8, 4) is 0 Å². The van der Waals surface area contributed by atoms with Crippen molar-refractivity contribution in [3.05, 3.63) is 15.2 Å². The summed E-state index contributed by atoms with van der Waals surface area (Å²) in [6, 6.07) is 0. The highest BCUT2D eigenvalue weighted by molar-refractivity contribution is 9.12. The molecule has 0 saturated heterocycles. The molecule has 0 aliphatic carbocycles. The minimum absolute atomic E-state index is 0.553. The van der Waals surface area contributed by atoms with E-state index < -0.39 is 0 Å². The van der Waals surface area contributed by atoms with Gasteiger partial charge in [0.15, 0.2) is 0 Å². The molecular weight excluding hydrogens is 187 g/mol. The summed E-state index contributed by atoms with van der Waals surface area (Å²) in [5, 5.41) is 0. The van der Waals surface area contributed by atoms with Crippen molar-refractivity contribution in [2.45, 2.75) is 20.3 Å². The fourth-order valence-electron chi connectivity index (χ4n) is 0.250. The summed E-state index contributed by atoms with van der Waals surface area (Å²) >= 11 is 8.52. The van der Waals surface area contributed by atoms with Gasteiger partial charge in [-0.15, -0.1) is 0 Å². The van der Waals surface area contributed by atoms with Crippen LogP contribution in [0.15, 0.2) is 15.2 Å². The topological polar surface area (TPSA) is 0 Å². The van der Waals surface area contributed by atoms with Crippen LogP contribution in [0.5, 0.6) is 0 Å². The Hall–Kier alpha value is 0.290. The van der Waals surface area contributed by atoms with E-state index in [4.69, 9.17) is 11.6 Å². The van der Waals surface area contributed by atoms with Crippen LogP contribution in [0, 0.1) is 0 Å². The zero-order valence-corrected chi connectivity index (χ0v) is 7.30. The summed E-state index contributed by atoms with van der Waals surface area (Å²) in [4.78, 5) is 0. The Balaban J connectivity index is 4.13. The first kappa shape index (κ1) is 8.29. The lowest BCUT2D eigenvalue weighted by atomic mass is 10.3. The van der Waals surface area contributed by atoms with Crippen molar-refractivity contribution >= 4 is 27.5 Å². The molecule has 0 aromatic heterocycles. The third-order valence-electron chi connectivity index (χ3n) is 0.838. The van der Waals surface area contributed by atoms with Gasteiger partial charge in [0, 0.05) is 0 Å². The highest BCUT2D eigenvalue weighted by Crippen LogP contribution is 2.09. The first-order chi connectivity index (χ1) is 3.66. The van der Waals surface area contributed by atoms with E-state index in [0.29, 0.717) is 3.94 Å². The molecule has 0 radical (unpaired) electrons. The van der Waals surface area contributed by atoms with Crippen molar-refractivity contribution in [2.75, 3.05) is 0 Å². The first-order valence-corrected chi connectivity index (χ1v) is 3.61. The summed E-state index contributed by atoms with van der Waals surface area (Å²) in [6.07, 6.45) is 1.00. The van der Waals surface area contributed by atoms with Crippen LogP contribution in [0.2, 0.25) is 0 Å². The molecule has 2 heteroatoms. The van der Waals surface area contributed by atoms with E-state index >= 15 is 0 Å². The molecule has 0 atom stereocenters. The van der Waals surface area contributed by atoms with Gasteiger partial charge in [0.1, 0.15) is 3.94 Å². The maximum Gasteiger partial charge on any atom is 0.125 e. The summed E-state index contributed by atoms with van der Waals surface area (Å²) in [5.74, 6) is 0. The first-order valence-electron chi connectivity index (χ1n) is 2.44. The average molecular weight is 195 g/mol. The molecule has 0 aromatic carbocycles. The van der Waals surface area contributed by atoms with Crippen LogP contribution in [0.25, 0.3) is 0 Å². The Labute approximate surface area is 63.4 Å². The van der Waals surface area contributed by atoms with E-state index in [1.165, 1.54) is 0 Å². The molecule has 0 amide bonds. The molecule has 0 aliphatic heterocycles. The molecule has 0 rings (SSSR count). The van der Waals surface area contributed by atoms with Crippen molar-refractivity contribution in [3.63, 3.8) is 0 Å². The van der Waals surface area contributed by atoms with Crippen molar-refractivity contribution in [2.24, 2.45) is 0 Å². The summed E-state index contributed by atoms with van der Waals surface area (Å²) in [6.45, 7) is 4.05. The molecule has 0 aromatic rings. The molecule has 0 heterocycles. The highest BCUT2D eigenvalue weighted by Gasteiger charge is 1.80. The minimum atomic E-state index is 0.553. The van der Waals surface area contributed by atoms with Gasteiger partial charge in [0.05, 0.1) is 0 Å². The minimum Gasteiger partial charge on any atom is -0.0943 e. The third kappa shape index (κ3) is 4.45. The van der Waals surface area contributed by atoms with Crippen LogP contribution in [-0.2, 0) is 0 Å². The molecule has 0 N–H and O–H groups in total. The van der Waals surface area contributed by atoms with Gasteiger partial charge >= 0.3 is 0 Å². The van der Waals surface area contributed by atoms with Crippen LogP contribution < -0.4 is 0 Å². The maximum atomic E-state index is 5.45. The van der Waals surface area contributed by atoms with Crippen LogP contribution in [-0.4, -0.2) is 0 Å². The van der Waals surface area contributed by atoms with Crippen molar-refractivity contribution in [1.82, 2.24) is 0 Å². The zero-order chi connectivity index (χ0) is 6.57. The van der Waals surface area contributed by atoms with E-state index in [9.17, 15) is 0 Å². The van der Waals surface area contributed by atoms with Gasteiger partial charge in [-0.05, 0) is 34.8 Å². The highest BCUT2D eigenvalue weighted by atomic mass is 79.9. The maximum absolute atomic E-state index is 5.45. The lowest BCUT2D eigenvalue weighted by Crippen LogP contribution is -1.63. The summed E-state index contributed by atoms with van der Waals surface area (Å²) in [7, 11) is 0. The SMILES string of the molecule is CCC(C)=C=C(Cl)Br. The molecule has 46 valence electrons. The number of allylic oxidation sites excluding steroid dienone is 1. The molecule has 8 heavy (non-hydrogen) atoms. The molecule has 0 bridgehead atoms. The molecule has 0 unspecified atom stereocenters. The predicted molar refractivity (Wildman–Crippen MR) is 41.3 cm³/mol. The Bertz CT molecular complexity index is 127. The molecule has 0 fully saturated rings. The van der Waals surface area contributed by atoms with Crippen LogP contribution >= 0.6 is 27.5 Å². The van der Waals surface area contributed by atoms with Gasteiger partial charge in [-0.3, -0.25) is 0 Å². The third-order valence-corrected chi connectivity index (χ3v) is 1.13. The van der Waals surface area contributed by atoms with Crippen molar-refractivity contribution in [1.29, 1.82) is 0 Å². The number of halogens is 2. The van der Waals surface area contributed by atoms with Gasteiger partial charge in [-0.2, -0.15) is 0 Å². The normalized spacial score (nSPS) is 8.00. The standard InChI is InChI=1S/C6H8BrCl/c1-3-5(2)4-6(7)8/h3H2,1-2H3. The molecule has 0 aliphatic rings. The van der Waals surface area contributed by atoms with Gasteiger partial charge in [-0.25, -0.2) is 0 Å². The lowest BCUT2D eigenvalue weighted by molar-refractivity contribution is 1.11. The zero-order valence-electron chi connectivity index (χ0n) is 4.96. The van der Waals surface area contributed by atoms with Gasteiger partial charge < -0.3 is 0 Å². The number of rotatable bonds is 1. The average Bonchev–Trinajstić information content (AvgIpc) is 1.65. The molecule has 0 saturated carbocycles.